The van der Waals surface area contributed by atoms with E-state index in [1.165, 1.54) is 6.07 Å². The fourth-order valence-electron chi connectivity index (χ4n) is 3.10. The number of amides is 1. The Bertz CT molecular complexity index is 845. The first-order valence-electron chi connectivity index (χ1n) is 8.42. The minimum atomic E-state index is -0.692. The van der Waals surface area contributed by atoms with Crippen LogP contribution < -0.4 is 5.63 Å². The second-order valence-electron chi connectivity index (χ2n) is 6.07. The van der Waals surface area contributed by atoms with Gasteiger partial charge in [0.05, 0.1) is 5.39 Å². The SMILES string of the molecule is CC[S+](CC(=O)N1CCCCC1)c1c(O)c2ccc(Cl)cc2oc1=O. The normalized spacial score (nSPS) is 16.2. The lowest BCUT2D eigenvalue weighted by molar-refractivity contribution is -0.129. The molecule has 1 N–H and O–H groups in total. The third-order valence-electron chi connectivity index (χ3n) is 4.45. The monoisotopic (exact) mass is 382 g/mol. The Morgan fingerprint density at radius 3 is 2.72 bits per heavy atom. The van der Waals surface area contributed by atoms with Gasteiger partial charge in [-0.1, -0.05) is 11.6 Å². The van der Waals surface area contributed by atoms with E-state index in [-0.39, 0.29) is 27.9 Å². The number of rotatable bonds is 4. The molecule has 0 saturated carbocycles. The van der Waals surface area contributed by atoms with Gasteiger partial charge in [-0.25, -0.2) is 4.79 Å². The largest absolute Gasteiger partial charge is 0.503 e. The molecular weight excluding hydrogens is 362 g/mol. The molecule has 25 heavy (non-hydrogen) atoms. The Morgan fingerprint density at radius 2 is 2.04 bits per heavy atom. The summed E-state index contributed by atoms with van der Waals surface area (Å²) in [5, 5.41) is 11.5. The molecule has 5 nitrogen and oxygen atoms in total. The number of carbonyl (C=O) groups excluding carboxylic acids is 1. The van der Waals surface area contributed by atoms with Crippen molar-refractivity contribution >= 4 is 39.4 Å². The van der Waals surface area contributed by atoms with Gasteiger partial charge in [-0.05, 0) is 38.3 Å². The number of halogens is 1. The molecule has 134 valence electrons. The molecule has 1 unspecified atom stereocenters. The number of benzene rings is 1. The summed E-state index contributed by atoms with van der Waals surface area (Å²) >= 11 is 5.92. The lowest BCUT2D eigenvalue weighted by Gasteiger charge is -2.26. The Labute approximate surface area is 153 Å². The van der Waals surface area contributed by atoms with Crippen LogP contribution in [0.4, 0.5) is 0 Å². The quantitative estimate of drug-likeness (QED) is 0.651. The average molecular weight is 383 g/mol. The van der Waals surface area contributed by atoms with Gasteiger partial charge in [0.15, 0.2) is 11.5 Å². The van der Waals surface area contributed by atoms with Gasteiger partial charge >= 0.3 is 5.63 Å². The van der Waals surface area contributed by atoms with Crippen molar-refractivity contribution in [1.82, 2.24) is 4.90 Å². The van der Waals surface area contributed by atoms with Crippen LogP contribution in [0, 0.1) is 0 Å². The molecule has 0 aliphatic carbocycles. The second-order valence-corrected chi connectivity index (χ2v) is 8.77. The van der Waals surface area contributed by atoms with Crippen LogP contribution in [0.2, 0.25) is 5.02 Å². The Balaban J connectivity index is 1.93. The number of hydrogen-bond acceptors (Lipinski definition) is 4. The smallest absolute Gasteiger partial charge is 0.396 e. The second kappa shape index (κ2) is 7.70. The Kier molecular flexibility index (Phi) is 5.59. The molecule has 2 heterocycles. The highest BCUT2D eigenvalue weighted by molar-refractivity contribution is 7.97. The standard InChI is InChI=1S/C18H20ClNO4S/c1-2-25(11-15(21)20-8-4-3-5-9-20)17-16(22)13-7-6-12(19)10-14(13)24-18(17)23/h6-7,10H,2-5,8-9,11H2,1H3/p+1. The van der Waals surface area contributed by atoms with Gasteiger partial charge in [0.2, 0.25) is 0 Å². The summed E-state index contributed by atoms with van der Waals surface area (Å²) in [6.45, 7) is 3.46. The zero-order valence-electron chi connectivity index (χ0n) is 14.1. The molecule has 1 aliphatic heterocycles. The van der Waals surface area contributed by atoms with E-state index in [0.29, 0.717) is 16.2 Å². The summed E-state index contributed by atoms with van der Waals surface area (Å²) < 4.78 is 5.35. The summed E-state index contributed by atoms with van der Waals surface area (Å²) in [7, 11) is -0.692. The van der Waals surface area contributed by atoms with Crippen molar-refractivity contribution in [1.29, 1.82) is 0 Å². The van der Waals surface area contributed by atoms with Crippen LogP contribution in [-0.4, -0.2) is 40.5 Å². The number of fused-ring (bicyclic) bond motifs is 1. The van der Waals surface area contributed by atoms with E-state index in [2.05, 4.69) is 0 Å². The summed E-state index contributed by atoms with van der Waals surface area (Å²) in [5.74, 6) is 0.768. The van der Waals surface area contributed by atoms with Crippen LogP contribution in [0.3, 0.4) is 0 Å². The van der Waals surface area contributed by atoms with E-state index in [1.54, 1.807) is 12.1 Å². The van der Waals surface area contributed by atoms with E-state index in [0.717, 1.165) is 32.4 Å². The Morgan fingerprint density at radius 1 is 1.32 bits per heavy atom. The maximum atomic E-state index is 12.6. The van der Waals surface area contributed by atoms with E-state index in [4.69, 9.17) is 16.0 Å². The highest BCUT2D eigenvalue weighted by Crippen LogP contribution is 2.32. The van der Waals surface area contributed by atoms with Crippen molar-refractivity contribution in [3.05, 3.63) is 33.6 Å². The molecule has 0 spiro atoms. The molecular formula is C18H21ClNO4S+. The van der Waals surface area contributed by atoms with Gasteiger partial charge in [0, 0.05) is 35.1 Å². The molecule has 1 saturated heterocycles. The number of carbonyl (C=O) groups is 1. The van der Waals surface area contributed by atoms with Crippen molar-refractivity contribution < 1.29 is 14.3 Å². The third-order valence-corrected chi connectivity index (χ3v) is 6.91. The van der Waals surface area contributed by atoms with Crippen molar-refractivity contribution in [3.8, 4) is 5.75 Å². The molecule has 1 aromatic heterocycles. The maximum absolute atomic E-state index is 12.6. The molecule has 1 fully saturated rings. The lowest BCUT2D eigenvalue weighted by atomic mass is 10.1. The first kappa shape index (κ1) is 18.1. The molecule has 3 rings (SSSR count). The minimum absolute atomic E-state index is 0.0416. The lowest BCUT2D eigenvalue weighted by Crippen LogP contribution is -2.40. The summed E-state index contributed by atoms with van der Waals surface area (Å²) in [6, 6.07) is 4.77. The van der Waals surface area contributed by atoms with Crippen molar-refractivity contribution in [2.75, 3.05) is 24.6 Å². The van der Waals surface area contributed by atoms with E-state index in [9.17, 15) is 14.7 Å². The summed E-state index contributed by atoms with van der Waals surface area (Å²) in [4.78, 5) is 27.1. The Hall–Kier alpha value is -1.66. The molecule has 0 bridgehead atoms. The minimum Gasteiger partial charge on any atom is -0.503 e. The fourth-order valence-corrected chi connectivity index (χ4v) is 5.04. The summed E-state index contributed by atoms with van der Waals surface area (Å²) in [5.41, 5.74) is -0.343. The van der Waals surface area contributed by atoms with E-state index >= 15 is 0 Å². The van der Waals surface area contributed by atoms with Crippen LogP contribution in [0.15, 0.2) is 32.3 Å². The molecule has 0 radical (unpaired) electrons. The number of piperidine rings is 1. The number of hydrogen-bond donors (Lipinski definition) is 1. The molecule has 1 aliphatic rings. The van der Waals surface area contributed by atoms with Crippen LogP contribution in [0.25, 0.3) is 11.0 Å². The van der Waals surface area contributed by atoms with Gasteiger partial charge < -0.3 is 14.4 Å². The first-order chi connectivity index (χ1) is 12.0. The maximum Gasteiger partial charge on any atom is 0.396 e. The van der Waals surface area contributed by atoms with E-state index in [1.807, 2.05) is 11.8 Å². The fraction of sp³-hybridized carbons (Fsp3) is 0.444. The van der Waals surface area contributed by atoms with Crippen LogP contribution in [0.1, 0.15) is 26.2 Å². The van der Waals surface area contributed by atoms with Crippen molar-refractivity contribution in [2.24, 2.45) is 0 Å². The molecule has 1 aromatic carbocycles. The van der Waals surface area contributed by atoms with E-state index < -0.39 is 16.5 Å². The first-order valence-corrected chi connectivity index (χ1v) is 10.4. The summed E-state index contributed by atoms with van der Waals surface area (Å²) in [6.07, 6.45) is 3.20. The van der Waals surface area contributed by atoms with Gasteiger partial charge in [-0.15, -0.1) is 0 Å². The van der Waals surface area contributed by atoms with Crippen LogP contribution >= 0.6 is 11.6 Å². The van der Waals surface area contributed by atoms with Gasteiger partial charge in [-0.3, -0.25) is 4.79 Å². The number of likely N-dealkylation sites (tertiary alicyclic amines) is 1. The van der Waals surface area contributed by atoms with Crippen molar-refractivity contribution in [3.63, 3.8) is 0 Å². The van der Waals surface area contributed by atoms with Gasteiger partial charge in [0.1, 0.15) is 11.3 Å². The predicted octanol–water partition coefficient (Wildman–Crippen LogP) is 3.16. The molecule has 1 atom stereocenters. The number of nitrogens with zero attached hydrogens (tertiary/aromatic N) is 1. The number of aromatic hydroxyl groups is 1. The van der Waals surface area contributed by atoms with Gasteiger partial charge in [-0.2, -0.15) is 0 Å². The third kappa shape index (κ3) is 3.80. The molecule has 7 heteroatoms. The molecule has 1 amide bonds. The molecule has 2 aromatic rings. The van der Waals surface area contributed by atoms with Crippen LogP contribution in [-0.2, 0) is 15.7 Å². The van der Waals surface area contributed by atoms with Gasteiger partial charge in [0.25, 0.3) is 10.8 Å². The highest BCUT2D eigenvalue weighted by atomic mass is 35.5. The zero-order valence-corrected chi connectivity index (χ0v) is 15.7. The average Bonchev–Trinajstić information content (AvgIpc) is 2.61. The highest BCUT2D eigenvalue weighted by Gasteiger charge is 2.34. The topological polar surface area (TPSA) is 70.8 Å². The van der Waals surface area contributed by atoms with Crippen molar-refractivity contribution in [2.45, 2.75) is 31.1 Å². The zero-order chi connectivity index (χ0) is 18.0. The van der Waals surface area contributed by atoms with Crippen LogP contribution in [0.5, 0.6) is 5.75 Å². The predicted molar refractivity (Wildman–Crippen MR) is 101 cm³/mol.